The summed E-state index contributed by atoms with van der Waals surface area (Å²) in [4.78, 5) is 0. The minimum absolute atomic E-state index is 0.304. The van der Waals surface area contributed by atoms with E-state index in [1.807, 2.05) is 0 Å². The lowest BCUT2D eigenvalue weighted by molar-refractivity contribution is 0.401. The van der Waals surface area contributed by atoms with Crippen LogP contribution in [0.3, 0.4) is 0 Å². The van der Waals surface area contributed by atoms with Crippen LogP contribution < -0.4 is 10.1 Å². The van der Waals surface area contributed by atoms with Crippen LogP contribution in [0.15, 0.2) is 48.5 Å². The Balaban J connectivity index is 1.68. The van der Waals surface area contributed by atoms with Gasteiger partial charge >= 0.3 is 0 Å². The molecular formula is C19H23NO. The summed E-state index contributed by atoms with van der Waals surface area (Å²) in [5, 5.41) is 3.74. The summed E-state index contributed by atoms with van der Waals surface area (Å²) in [5.74, 6) is 1.63. The van der Waals surface area contributed by atoms with Crippen molar-refractivity contribution in [2.75, 3.05) is 7.11 Å². The molecule has 3 unspecified atom stereocenters. The van der Waals surface area contributed by atoms with E-state index in [4.69, 9.17) is 4.74 Å². The Morgan fingerprint density at radius 2 is 1.90 bits per heavy atom. The monoisotopic (exact) mass is 281 g/mol. The topological polar surface area (TPSA) is 21.3 Å². The fraction of sp³-hybridized carbons (Fsp3) is 0.368. The van der Waals surface area contributed by atoms with Gasteiger partial charge < -0.3 is 10.1 Å². The zero-order valence-electron chi connectivity index (χ0n) is 13.0. The Labute approximate surface area is 127 Å². The second kappa shape index (κ2) is 5.90. The van der Waals surface area contributed by atoms with E-state index in [0.717, 1.165) is 5.75 Å². The maximum absolute atomic E-state index is 5.49. The maximum atomic E-state index is 5.49. The highest BCUT2D eigenvalue weighted by Crippen LogP contribution is 2.42. The molecule has 1 fully saturated rings. The van der Waals surface area contributed by atoms with Crippen molar-refractivity contribution in [3.63, 3.8) is 0 Å². The van der Waals surface area contributed by atoms with Crippen molar-refractivity contribution in [1.82, 2.24) is 5.32 Å². The van der Waals surface area contributed by atoms with Crippen LogP contribution in [0.5, 0.6) is 5.75 Å². The number of nitrogens with one attached hydrogen (secondary N) is 1. The summed E-state index contributed by atoms with van der Waals surface area (Å²) in [7, 11) is 1.74. The van der Waals surface area contributed by atoms with E-state index in [-0.39, 0.29) is 0 Å². The molecule has 0 aromatic heterocycles. The fourth-order valence-corrected chi connectivity index (χ4v) is 3.05. The second-order valence-corrected chi connectivity index (χ2v) is 5.99. The van der Waals surface area contributed by atoms with Crippen LogP contribution >= 0.6 is 0 Å². The van der Waals surface area contributed by atoms with E-state index in [1.54, 1.807) is 7.11 Å². The van der Waals surface area contributed by atoms with Gasteiger partial charge in [0, 0.05) is 23.6 Å². The van der Waals surface area contributed by atoms with Gasteiger partial charge in [0.25, 0.3) is 0 Å². The van der Waals surface area contributed by atoms with Gasteiger partial charge in [-0.15, -0.1) is 0 Å². The molecule has 0 saturated heterocycles. The Morgan fingerprint density at radius 3 is 2.62 bits per heavy atom. The zero-order valence-corrected chi connectivity index (χ0v) is 13.0. The van der Waals surface area contributed by atoms with Crippen molar-refractivity contribution < 1.29 is 4.74 Å². The van der Waals surface area contributed by atoms with Crippen LogP contribution in [0.4, 0.5) is 0 Å². The second-order valence-electron chi connectivity index (χ2n) is 5.99. The number of hydrogen-bond donors (Lipinski definition) is 1. The van der Waals surface area contributed by atoms with Crippen molar-refractivity contribution in [3.05, 3.63) is 65.2 Å². The molecule has 1 saturated carbocycles. The van der Waals surface area contributed by atoms with Gasteiger partial charge in [-0.1, -0.05) is 48.0 Å². The molecule has 110 valence electrons. The molecule has 3 rings (SSSR count). The van der Waals surface area contributed by atoms with Crippen LogP contribution in [-0.4, -0.2) is 13.2 Å². The normalized spacial score (nSPS) is 21.9. The molecule has 0 amide bonds. The van der Waals surface area contributed by atoms with Gasteiger partial charge in [0.1, 0.15) is 5.75 Å². The van der Waals surface area contributed by atoms with Gasteiger partial charge in [-0.2, -0.15) is 0 Å². The summed E-state index contributed by atoms with van der Waals surface area (Å²) in [6.07, 6.45) is 1.22. The number of rotatable bonds is 5. The Kier molecular flexibility index (Phi) is 3.98. The number of aryl methyl sites for hydroxylation is 1. The van der Waals surface area contributed by atoms with Crippen molar-refractivity contribution >= 4 is 0 Å². The molecular weight excluding hydrogens is 258 g/mol. The number of methoxy groups -OCH3 is 1. The summed E-state index contributed by atoms with van der Waals surface area (Å²) < 4.78 is 5.49. The highest BCUT2D eigenvalue weighted by atomic mass is 16.5. The Morgan fingerprint density at radius 1 is 1.14 bits per heavy atom. The molecule has 1 N–H and O–H groups in total. The first kappa shape index (κ1) is 14.2. The van der Waals surface area contributed by atoms with E-state index < -0.39 is 0 Å². The van der Waals surface area contributed by atoms with E-state index in [9.17, 15) is 0 Å². The molecule has 2 heteroatoms. The molecule has 2 aromatic carbocycles. The van der Waals surface area contributed by atoms with Crippen LogP contribution in [-0.2, 0) is 0 Å². The summed E-state index contributed by atoms with van der Waals surface area (Å²) in [6.45, 7) is 4.34. The molecule has 1 aliphatic carbocycles. The van der Waals surface area contributed by atoms with Crippen LogP contribution in [0.2, 0.25) is 0 Å². The quantitative estimate of drug-likeness (QED) is 0.886. The van der Waals surface area contributed by atoms with Gasteiger partial charge in [-0.05, 0) is 31.9 Å². The SMILES string of the molecule is COc1ccc(C)cc1C(C)NC1CC1c1ccccc1. The molecule has 1 aliphatic rings. The van der Waals surface area contributed by atoms with Gasteiger partial charge in [-0.25, -0.2) is 0 Å². The third-order valence-corrected chi connectivity index (χ3v) is 4.33. The van der Waals surface area contributed by atoms with Gasteiger partial charge in [0.2, 0.25) is 0 Å². The van der Waals surface area contributed by atoms with Crippen LogP contribution in [0.1, 0.15) is 42.0 Å². The minimum Gasteiger partial charge on any atom is -0.496 e. The predicted molar refractivity (Wildman–Crippen MR) is 86.9 cm³/mol. The number of hydrogen-bond acceptors (Lipinski definition) is 2. The lowest BCUT2D eigenvalue weighted by Crippen LogP contribution is -2.22. The number of ether oxygens (including phenoxy) is 1. The molecule has 2 nitrogen and oxygen atoms in total. The lowest BCUT2D eigenvalue weighted by Gasteiger charge is -2.18. The molecule has 0 spiro atoms. The van der Waals surface area contributed by atoms with E-state index in [1.165, 1.54) is 23.1 Å². The highest BCUT2D eigenvalue weighted by molar-refractivity contribution is 5.39. The van der Waals surface area contributed by atoms with Gasteiger partial charge in [0.15, 0.2) is 0 Å². The lowest BCUT2D eigenvalue weighted by atomic mass is 10.0. The van der Waals surface area contributed by atoms with Crippen molar-refractivity contribution in [2.45, 2.75) is 38.3 Å². The standard InChI is InChI=1S/C19H23NO/c1-13-9-10-19(21-3)16(11-13)14(2)20-18-12-17(18)15-7-5-4-6-8-15/h4-11,14,17-18,20H,12H2,1-3H3. The predicted octanol–water partition coefficient (Wildman–Crippen LogP) is 4.21. The molecule has 3 atom stereocenters. The van der Waals surface area contributed by atoms with Crippen molar-refractivity contribution in [3.8, 4) is 5.75 Å². The molecule has 0 aliphatic heterocycles. The first-order valence-electron chi connectivity index (χ1n) is 7.64. The van der Waals surface area contributed by atoms with Crippen LogP contribution in [0, 0.1) is 6.92 Å². The zero-order chi connectivity index (χ0) is 14.8. The summed E-state index contributed by atoms with van der Waals surface area (Å²) in [6, 6.07) is 18.0. The van der Waals surface area contributed by atoms with Crippen molar-refractivity contribution in [2.24, 2.45) is 0 Å². The molecule has 2 aromatic rings. The first-order chi connectivity index (χ1) is 10.2. The highest BCUT2D eigenvalue weighted by Gasteiger charge is 2.39. The maximum Gasteiger partial charge on any atom is 0.123 e. The Hall–Kier alpha value is -1.80. The van der Waals surface area contributed by atoms with Crippen LogP contribution in [0.25, 0.3) is 0 Å². The van der Waals surface area contributed by atoms with Gasteiger partial charge in [-0.3, -0.25) is 0 Å². The van der Waals surface area contributed by atoms with E-state index >= 15 is 0 Å². The average Bonchev–Trinajstić information content (AvgIpc) is 3.27. The largest absolute Gasteiger partial charge is 0.496 e. The van der Waals surface area contributed by atoms with Gasteiger partial charge in [0.05, 0.1) is 7.11 Å². The molecule has 0 radical (unpaired) electrons. The van der Waals surface area contributed by atoms with Crippen molar-refractivity contribution in [1.29, 1.82) is 0 Å². The minimum atomic E-state index is 0.304. The fourth-order valence-electron chi connectivity index (χ4n) is 3.05. The third kappa shape index (κ3) is 3.11. The molecule has 0 bridgehead atoms. The van der Waals surface area contributed by atoms with E-state index in [0.29, 0.717) is 18.0 Å². The first-order valence-corrected chi connectivity index (χ1v) is 7.64. The number of benzene rings is 2. The average molecular weight is 281 g/mol. The Bertz CT molecular complexity index is 608. The summed E-state index contributed by atoms with van der Waals surface area (Å²) in [5.41, 5.74) is 3.96. The molecule has 21 heavy (non-hydrogen) atoms. The van der Waals surface area contributed by atoms with E-state index in [2.05, 4.69) is 67.7 Å². The third-order valence-electron chi connectivity index (χ3n) is 4.33. The smallest absolute Gasteiger partial charge is 0.123 e. The summed E-state index contributed by atoms with van der Waals surface area (Å²) >= 11 is 0. The molecule has 0 heterocycles.